The summed E-state index contributed by atoms with van der Waals surface area (Å²) < 4.78 is 11.3. The normalized spacial score (nSPS) is 21.9. The van der Waals surface area contributed by atoms with Crippen LogP contribution >= 0.6 is 0 Å². The van der Waals surface area contributed by atoms with Crippen molar-refractivity contribution in [3.05, 3.63) is 34.4 Å². The molecule has 2 rings (SSSR count). The fourth-order valence-corrected chi connectivity index (χ4v) is 2.56. The van der Waals surface area contributed by atoms with E-state index in [2.05, 4.69) is 38.2 Å². The van der Waals surface area contributed by atoms with E-state index in [1.165, 1.54) is 22.3 Å². The van der Waals surface area contributed by atoms with Gasteiger partial charge in [0.25, 0.3) is 0 Å². The topological polar surface area (TPSA) is 30.5 Å². The Morgan fingerprint density at radius 2 is 1.83 bits per heavy atom. The van der Waals surface area contributed by atoms with E-state index in [0.717, 1.165) is 0 Å². The minimum absolute atomic E-state index is 0.101. The highest BCUT2D eigenvalue weighted by molar-refractivity contribution is 5.38. The summed E-state index contributed by atoms with van der Waals surface area (Å²) in [5.41, 5.74) is 5.29. The number of hydrogen-bond acceptors (Lipinski definition) is 3. The number of aryl methyl sites for hydroxylation is 3. The number of nitrogens with one attached hydrogen (secondary N) is 1. The fraction of sp³-hybridized carbons (Fsp3) is 0.600. The van der Waals surface area contributed by atoms with Gasteiger partial charge in [0, 0.05) is 0 Å². The molecule has 0 aliphatic carbocycles. The van der Waals surface area contributed by atoms with Gasteiger partial charge >= 0.3 is 0 Å². The second-order valence-corrected chi connectivity index (χ2v) is 5.04. The molecule has 0 saturated carbocycles. The molecule has 1 heterocycles. The van der Waals surface area contributed by atoms with Crippen LogP contribution in [0.1, 0.15) is 28.3 Å². The molecule has 0 spiro atoms. The zero-order valence-corrected chi connectivity index (χ0v) is 11.7. The highest BCUT2D eigenvalue weighted by atomic mass is 16.6. The SMILES string of the molecule is CNC(c1cc(C)c(C)cc1C)C1COCCO1. The standard InChI is InChI=1S/C15H23NO2/c1-10-7-12(3)13(8-11(10)2)15(16-4)14-9-17-5-6-18-14/h7-8,14-16H,5-6,9H2,1-4H3. The number of rotatable bonds is 3. The predicted octanol–water partition coefficient (Wildman–Crippen LogP) is 2.29. The Balaban J connectivity index is 2.28. The summed E-state index contributed by atoms with van der Waals surface area (Å²) in [7, 11) is 1.98. The number of ether oxygens (including phenoxy) is 2. The first-order chi connectivity index (χ1) is 8.63. The molecule has 0 radical (unpaired) electrons. The minimum Gasteiger partial charge on any atom is -0.376 e. The smallest absolute Gasteiger partial charge is 0.100 e. The molecule has 3 nitrogen and oxygen atoms in total. The molecule has 18 heavy (non-hydrogen) atoms. The summed E-state index contributed by atoms with van der Waals surface area (Å²) in [6.07, 6.45) is 0.101. The molecule has 0 amide bonds. The molecule has 1 aliphatic heterocycles. The van der Waals surface area contributed by atoms with Gasteiger partial charge in [-0.3, -0.25) is 0 Å². The summed E-state index contributed by atoms with van der Waals surface area (Å²) in [6.45, 7) is 8.53. The van der Waals surface area contributed by atoms with Crippen LogP contribution in [0.15, 0.2) is 12.1 Å². The van der Waals surface area contributed by atoms with Gasteiger partial charge in [-0.15, -0.1) is 0 Å². The lowest BCUT2D eigenvalue weighted by molar-refractivity contribution is -0.101. The highest BCUT2D eigenvalue weighted by Crippen LogP contribution is 2.26. The number of benzene rings is 1. The van der Waals surface area contributed by atoms with Crippen molar-refractivity contribution in [3.63, 3.8) is 0 Å². The maximum Gasteiger partial charge on any atom is 0.100 e. The first-order valence-electron chi connectivity index (χ1n) is 6.58. The van der Waals surface area contributed by atoms with Crippen molar-refractivity contribution < 1.29 is 9.47 Å². The number of likely N-dealkylation sites (N-methyl/N-ethyl adjacent to an activating group) is 1. The van der Waals surface area contributed by atoms with Crippen molar-refractivity contribution in [2.24, 2.45) is 0 Å². The fourth-order valence-electron chi connectivity index (χ4n) is 2.56. The van der Waals surface area contributed by atoms with E-state index in [0.29, 0.717) is 19.8 Å². The lowest BCUT2D eigenvalue weighted by atomic mass is 9.93. The Morgan fingerprint density at radius 3 is 2.44 bits per heavy atom. The van der Waals surface area contributed by atoms with Crippen molar-refractivity contribution >= 4 is 0 Å². The van der Waals surface area contributed by atoms with Gasteiger partial charge in [0.05, 0.1) is 25.9 Å². The number of hydrogen-bond donors (Lipinski definition) is 1. The van der Waals surface area contributed by atoms with Crippen molar-refractivity contribution in [3.8, 4) is 0 Å². The molecule has 1 N–H and O–H groups in total. The third-order valence-electron chi connectivity index (χ3n) is 3.74. The molecule has 1 fully saturated rings. The zero-order chi connectivity index (χ0) is 13.1. The van der Waals surface area contributed by atoms with E-state index in [-0.39, 0.29) is 12.1 Å². The molecule has 1 aromatic carbocycles. The van der Waals surface area contributed by atoms with Gasteiger partial charge < -0.3 is 14.8 Å². The minimum atomic E-state index is 0.101. The average molecular weight is 249 g/mol. The molecule has 0 aromatic heterocycles. The summed E-state index contributed by atoms with van der Waals surface area (Å²) in [5, 5.41) is 3.37. The largest absolute Gasteiger partial charge is 0.376 e. The first-order valence-corrected chi connectivity index (χ1v) is 6.58. The van der Waals surface area contributed by atoms with E-state index in [9.17, 15) is 0 Å². The molecular formula is C15H23NO2. The molecule has 1 saturated heterocycles. The third kappa shape index (κ3) is 2.74. The molecular weight excluding hydrogens is 226 g/mol. The van der Waals surface area contributed by atoms with E-state index < -0.39 is 0 Å². The van der Waals surface area contributed by atoms with E-state index in [1.807, 2.05) is 7.05 Å². The van der Waals surface area contributed by atoms with Crippen molar-refractivity contribution in [1.29, 1.82) is 0 Å². The second kappa shape index (κ2) is 5.83. The van der Waals surface area contributed by atoms with Crippen LogP contribution < -0.4 is 5.32 Å². The molecule has 3 heteroatoms. The summed E-state index contributed by atoms with van der Waals surface area (Å²) >= 11 is 0. The molecule has 0 bridgehead atoms. The van der Waals surface area contributed by atoms with Crippen LogP contribution in [0.5, 0.6) is 0 Å². The van der Waals surface area contributed by atoms with E-state index in [1.54, 1.807) is 0 Å². The van der Waals surface area contributed by atoms with Gasteiger partial charge in [-0.2, -0.15) is 0 Å². The summed E-state index contributed by atoms with van der Waals surface area (Å²) in [6, 6.07) is 4.72. The maximum absolute atomic E-state index is 5.82. The first kappa shape index (κ1) is 13.5. The Morgan fingerprint density at radius 1 is 1.11 bits per heavy atom. The average Bonchev–Trinajstić information content (AvgIpc) is 2.38. The van der Waals surface area contributed by atoms with Crippen molar-refractivity contribution in [2.45, 2.75) is 32.9 Å². The monoisotopic (exact) mass is 249 g/mol. The molecule has 2 unspecified atom stereocenters. The Labute approximate surface area is 109 Å². The van der Waals surface area contributed by atoms with E-state index >= 15 is 0 Å². The van der Waals surface area contributed by atoms with Crippen LogP contribution in [0, 0.1) is 20.8 Å². The van der Waals surface area contributed by atoms with Crippen LogP contribution in [0.2, 0.25) is 0 Å². The Kier molecular flexibility index (Phi) is 4.38. The van der Waals surface area contributed by atoms with Gasteiger partial charge in [0.1, 0.15) is 6.10 Å². The van der Waals surface area contributed by atoms with Crippen LogP contribution in [0.25, 0.3) is 0 Å². The summed E-state index contributed by atoms with van der Waals surface area (Å²) in [5.74, 6) is 0. The van der Waals surface area contributed by atoms with Gasteiger partial charge in [-0.1, -0.05) is 12.1 Å². The maximum atomic E-state index is 5.82. The van der Waals surface area contributed by atoms with Gasteiger partial charge in [-0.05, 0) is 50.1 Å². The lowest BCUT2D eigenvalue weighted by Gasteiger charge is -2.31. The second-order valence-electron chi connectivity index (χ2n) is 5.04. The van der Waals surface area contributed by atoms with Gasteiger partial charge in [0.15, 0.2) is 0 Å². The Hall–Kier alpha value is -0.900. The van der Waals surface area contributed by atoms with Crippen molar-refractivity contribution in [1.82, 2.24) is 5.32 Å². The van der Waals surface area contributed by atoms with Crippen LogP contribution in [0.4, 0.5) is 0 Å². The third-order valence-corrected chi connectivity index (χ3v) is 3.74. The molecule has 100 valence electrons. The quantitative estimate of drug-likeness (QED) is 0.891. The molecule has 2 atom stereocenters. The van der Waals surface area contributed by atoms with Crippen LogP contribution in [-0.2, 0) is 9.47 Å². The zero-order valence-electron chi connectivity index (χ0n) is 11.7. The molecule has 1 aliphatic rings. The van der Waals surface area contributed by atoms with E-state index in [4.69, 9.17) is 9.47 Å². The highest BCUT2D eigenvalue weighted by Gasteiger charge is 2.26. The van der Waals surface area contributed by atoms with Gasteiger partial charge in [0.2, 0.25) is 0 Å². The lowest BCUT2D eigenvalue weighted by Crippen LogP contribution is -2.39. The predicted molar refractivity (Wildman–Crippen MR) is 73.0 cm³/mol. The van der Waals surface area contributed by atoms with Crippen LogP contribution in [0.3, 0.4) is 0 Å². The Bertz CT molecular complexity index is 411. The molecule has 1 aromatic rings. The van der Waals surface area contributed by atoms with Crippen LogP contribution in [-0.4, -0.2) is 33.0 Å². The van der Waals surface area contributed by atoms with Crippen molar-refractivity contribution in [2.75, 3.05) is 26.9 Å². The summed E-state index contributed by atoms with van der Waals surface area (Å²) in [4.78, 5) is 0. The van der Waals surface area contributed by atoms with Gasteiger partial charge in [-0.25, -0.2) is 0 Å².